The fourth-order valence-corrected chi connectivity index (χ4v) is 1.53. The lowest BCUT2D eigenvalue weighted by molar-refractivity contribution is -0.125. The van der Waals surface area contributed by atoms with Crippen LogP contribution in [0.15, 0.2) is 0 Å². The number of amides is 1. The minimum absolute atomic E-state index is 0.0673. The Labute approximate surface area is 90.3 Å². The number of nitrogens with one attached hydrogen (secondary N) is 1. The number of rotatable bonds is 7. The molecule has 0 aromatic heterocycles. The summed E-state index contributed by atoms with van der Waals surface area (Å²) < 4.78 is 10.2. The van der Waals surface area contributed by atoms with Crippen molar-refractivity contribution in [2.45, 2.75) is 12.8 Å². The maximum absolute atomic E-state index is 11.2. The smallest absolute Gasteiger partial charge is 0.245 e. The van der Waals surface area contributed by atoms with E-state index in [4.69, 9.17) is 15.2 Å². The molecule has 88 valence electrons. The standard InChI is InChI=1S/C10H20N2O3/c11-3-6-15-8-10(13)12-4-1-9-2-5-14-7-9/h9H,1-8,11H2,(H,12,13). The fraction of sp³-hybridized carbons (Fsp3) is 0.900. The van der Waals surface area contributed by atoms with Gasteiger partial charge in [0.15, 0.2) is 0 Å². The van der Waals surface area contributed by atoms with Crippen LogP contribution in [0.1, 0.15) is 12.8 Å². The molecule has 1 aliphatic rings. The SMILES string of the molecule is NCCOCC(=O)NCCC1CCOC1. The van der Waals surface area contributed by atoms with Crippen molar-refractivity contribution in [1.29, 1.82) is 0 Å². The Balaban J connectivity index is 1.91. The Kier molecular flexibility index (Phi) is 6.31. The molecule has 0 bridgehead atoms. The summed E-state index contributed by atoms with van der Waals surface area (Å²) in [7, 11) is 0. The highest BCUT2D eigenvalue weighted by atomic mass is 16.5. The third-order valence-electron chi connectivity index (χ3n) is 2.39. The molecule has 5 nitrogen and oxygen atoms in total. The topological polar surface area (TPSA) is 73.6 Å². The molecule has 0 saturated carbocycles. The number of nitrogens with two attached hydrogens (primary N) is 1. The first kappa shape index (κ1) is 12.4. The van der Waals surface area contributed by atoms with E-state index in [0.29, 0.717) is 25.6 Å². The lowest BCUT2D eigenvalue weighted by Crippen LogP contribution is -2.30. The summed E-state index contributed by atoms with van der Waals surface area (Å²) in [5, 5.41) is 2.81. The van der Waals surface area contributed by atoms with Gasteiger partial charge < -0.3 is 20.5 Å². The second-order valence-electron chi connectivity index (χ2n) is 3.71. The molecule has 0 aromatic carbocycles. The molecular formula is C10H20N2O3. The van der Waals surface area contributed by atoms with E-state index in [1.807, 2.05) is 0 Å². The van der Waals surface area contributed by atoms with Crippen LogP contribution in [0.25, 0.3) is 0 Å². The van der Waals surface area contributed by atoms with Gasteiger partial charge in [0.1, 0.15) is 6.61 Å². The number of carbonyl (C=O) groups is 1. The Morgan fingerprint density at radius 1 is 1.60 bits per heavy atom. The average Bonchev–Trinajstić information content (AvgIpc) is 2.71. The lowest BCUT2D eigenvalue weighted by atomic mass is 10.1. The molecule has 1 fully saturated rings. The molecule has 5 heteroatoms. The molecular weight excluding hydrogens is 196 g/mol. The van der Waals surface area contributed by atoms with Gasteiger partial charge in [0, 0.05) is 26.3 Å². The first-order valence-corrected chi connectivity index (χ1v) is 5.45. The van der Waals surface area contributed by atoms with E-state index in [-0.39, 0.29) is 12.5 Å². The maximum Gasteiger partial charge on any atom is 0.245 e. The van der Waals surface area contributed by atoms with Gasteiger partial charge in [0.05, 0.1) is 6.61 Å². The highest BCUT2D eigenvalue weighted by Gasteiger charge is 2.15. The third-order valence-corrected chi connectivity index (χ3v) is 2.39. The molecule has 0 aliphatic carbocycles. The quantitative estimate of drug-likeness (QED) is 0.563. The van der Waals surface area contributed by atoms with E-state index in [1.165, 1.54) is 0 Å². The van der Waals surface area contributed by atoms with Crippen molar-refractivity contribution in [3.05, 3.63) is 0 Å². The number of ether oxygens (including phenoxy) is 2. The number of hydrogen-bond acceptors (Lipinski definition) is 4. The maximum atomic E-state index is 11.2. The summed E-state index contributed by atoms with van der Waals surface area (Å²) >= 11 is 0. The zero-order valence-electron chi connectivity index (χ0n) is 9.04. The second-order valence-corrected chi connectivity index (χ2v) is 3.71. The molecule has 0 aromatic rings. The Morgan fingerprint density at radius 3 is 3.13 bits per heavy atom. The summed E-state index contributed by atoms with van der Waals surface area (Å²) in [5.74, 6) is 0.539. The Morgan fingerprint density at radius 2 is 2.47 bits per heavy atom. The van der Waals surface area contributed by atoms with Crippen LogP contribution in [-0.4, -0.2) is 45.4 Å². The zero-order chi connectivity index (χ0) is 10.9. The molecule has 1 amide bonds. The summed E-state index contributed by atoms with van der Waals surface area (Å²) in [4.78, 5) is 11.2. The van der Waals surface area contributed by atoms with Gasteiger partial charge in [0.25, 0.3) is 0 Å². The highest BCUT2D eigenvalue weighted by molar-refractivity contribution is 5.77. The molecule has 1 heterocycles. The van der Waals surface area contributed by atoms with Crippen LogP contribution in [0.4, 0.5) is 0 Å². The largest absolute Gasteiger partial charge is 0.381 e. The Bertz CT molecular complexity index is 182. The van der Waals surface area contributed by atoms with Gasteiger partial charge in [-0.15, -0.1) is 0 Å². The molecule has 1 saturated heterocycles. The van der Waals surface area contributed by atoms with E-state index in [2.05, 4.69) is 5.32 Å². The van der Waals surface area contributed by atoms with Gasteiger partial charge >= 0.3 is 0 Å². The normalized spacial score (nSPS) is 20.5. The van der Waals surface area contributed by atoms with Crippen molar-refractivity contribution in [3.63, 3.8) is 0 Å². The molecule has 0 spiro atoms. The zero-order valence-corrected chi connectivity index (χ0v) is 9.04. The minimum atomic E-state index is -0.0673. The summed E-state index contributed by atoms with van der Waals surface area (Å²) in [6.45, 7) is 3.39. The first-order chi connectivity index (χ1) is 7.33. The van der Waals surface area contributed by atoms with Crippen molar-refractivity contribution in [2.24, 2.45) is 11.7 Å². The van der Waals surface area contributed by atoms with Crippen molar-refractivity contribution in [2.75, 3.05) is 39.5 Å². The third kappa shape index (κ3) is 5.71. The van der Waals surface area contributed by atoms with E-state index in [0.717, 1.165) is 26.1 Å². The van der Waals surface area contributed by atoms with Crippen LogP contribution < -0.4 is 11.1 Å². The molecule has 1 unspecified atom stereocenters. The Hall–Kier alpha value is -0.650. The summed E-state index contributed by atoms with van der Waals surface area (Å²) in [6, 6.07) is 0. The van der Waals surface area contributed by atoms with Crippen LogP contribution >= 0.6 is 0 Å². The van der Waals surface area contributed by atoms with Gasteiger partial charge in [-0.2, -0.15) is 0 Å². The van der Waals surface area contributed by atoms with Crippen molar-refractivity contribution in [1.82, 2.24) is 5.32 Å². The van der Waals surface area contributed by atoms with Gasteiger partial charge in [-0.25, -0.2) is 0 Å². The van der Waals surface area contributed by atoms with Crippen molar-refractivity contribution >= 4 is 5.91 Å². The van der Waals surface area contributed by atoms with Crippen LogP contribution in [0.3, 0.4) is 0 Å². The van der Waals surface area contributed by atoms with Crippen LogP contribution in [0.5, 0.6) is 0 Å². The first-order valence-electron chi connectivity index (χ1n) is 5.45. The van der Waals surface area contributed by atoms with E-state index < -0.39 is 0 Å². The van der Waals surface area contributed by atoms with Gasteiger partial charge in [0.2, 0.25) is 5.91 Å². The highest BCUT2D eigenvalue weighted by Crippen LogP contribution is 2.14. The number of carbonyl (C=O) groups excluding carboxylic acids is 1. The monoisotopic (exact) mass is 216 g/mol. The van der Waals surface area contributed by atoms with Crippen molar-refractivity contribution in [3.8, 4) is 0 Å². The van der Waals surface area contributed by atoms with E-state index >= 15 is 0 Å². The number of hydrogen-bond donors (Lipinski definition) is 2. The van der Waals surface area contributed by atoms with Crippen LogP contribution in [0.2, 0.25) is 0 Å². The summed E-state index contributed by atoms with van der Waals surface area (Å²) in [5.41, 5.74) is 5.23. The van der Waals surface area contributed by atoms with Crippen LogP contribution in [0, 0.1) is 5.92 Å². The second kappa shape index (κ2) is 7.62. The molecule has 3 N–H and O–H groups in total. The lowest BCUT2D eigenvalue weighted by Gasteiger charge is -2.08. The van der Waals surface area contributed by atoms with Crippen LogP contribution in [-0.2, 0) is 14.3 Å². The molecule has 0 radical (unpaired) electrons. The van der Waals surface area contributed by atoms with Gasteiger partial charge in [-0.1, -0.05) is 0 Å². The fourth-order valence-electron chi connectivity index (χ4n) is 1.53. The molecule has 1 aliphatic heterocycles. The van der Waals surface area contributed by atoms with Gasteiger partial charge in [-0.3, -0.25) is 4.79 Å². The minimum Gasteiger partial charge on any atom is -0.381 e. The molecule has 1 rings (SSSR count). The van der Waals surface area contributed by atoms with Crippen molar-refractivity contribution < 1.29 is 14.3 Å². The summed E-state index contributed by atoms with van der Waals surface area (Å²) in [6.07, 6.45) is 2.10. The van der Waals surface area contributed by atoms with E-state index in [9.17, 15) is 4.79 Å². The average molecular weight is 216 g/mol. The predicted octanol–water partition coefficient (Wildman–Crippen LogP) is -0.495. The van der Waals surface area contributed by atoms with E-state index in [1.54, 1.807) is 0 Å². The molecule has 15 heavy (non-hydrogen) atoms. The van der Waals surface area contributed by atoms with Gasteiger partial charge in [-0.05, 0) is 18.8 Å². The predicted molar refractivity (Wildman–Crippen MR) is 56.4 cm³/mol. The molecule has 1 atom stereocenters.